The van der Waals surface area contributed by atoms with E-state index >= 15 is 0 Å². The molecule has 0 aliphatic carbocycles. The number of carbonyl (C=O) groups is 1. The number of ether oxygens (including phenoxy) is 2. The van der Waals surface area contributed by atoms with Crippen molar-refractivity contribution in [3.63, 3.8) is 0 Å². The number of hydrogen-bond acceptors (Lipinski definition) is 3. The van der Waals surface area contributed by atoms with Gasteiger partial charge in [0.2, 0.25) is 0 Å². The first-order chi connectivity index (χ1) is 11.5. The Balaban J connectivity index is 1.62. The predicted octanol–water partition coefficient (Wildman–Crippen LogP) is 2.79. The SMILES string of the molecule is Cc1ccc(C(C)NC(=O)N2CCOC3(CCOCC3)C2)cc1F. The summed E-state index contributed by atoms with van der Waals surface area (Å²) in [6.07, 6.45) is 1.63. The Kier molecular flexibility index (Phi) is 5.06. The Hall–Kier alpha value is -1.66. The molecule has 2 amide bonds. The molecule has 0 saturated carbocycles. The molecule has 2 fully saturated rings. The van der Waals surface area contributed by atoms with Crippen molar-refractivity contribution in [3.05, 3.63) is 35.1 Å². The highest BCUT2D eigenvalue weighted by Crippen LogP contribution is 2.29. The largest absolute Gasteiger partial charge is 0.381 e. The number of nitrogens with one attached hydrogen (secondary N) is 1. The van der Waals surface area contributed by atoms with Gasteiger partial charge in [0, 0.05) is 32.6 Å². The van der Waals surface area contributed by atoms with Crippen LogP contribution in [0.15, 0.2) is 18.2 Å². The van der Waals surface area contributed by atoms with Gasteiger partial charge in [-0.25, -0.2) is 9.18 Å². The lowest BCUT2D eigenvalue weighted by Crippen LogP contribution is -2.57. The normalized spacial score (nSPS) is 21.5. The van der Waals surface area contributed by atoms with Crippen molar-refractivity contribution in [1.82, 2.24) is 10.2 Å². The maximum absolute atomic E-state index is 13.7. The van der Waals surface area contributed by atoms with Crippen molar-refractivity contribution >= 4 is 6.03 Å². The summed E-state index contributed by atoms with van der Waals surface area (Å²) >= 11 is 0. The first-order valence-electron chi connectivity index (χ1n) is 8.52. The molecule has 2 aliphatic heterocycles. The molecule has 1 atom stereocenters. The summed E-state index contributed by atoms with van der Waals surface area (Å²) in [5.74, 6) is -0.249. The van der Waals surface area contributed by atoms with E-state index in [9.17, 15) is 9.18 Å². The number of benzene rings is 1. The van der Waals surface area contributed by atoms with Gasteiger partial charge in [-0.05, 0) is 31.0 Å². The van der Waals surface area contributed by atoms with E-state index in [4.69, 9.17) is 9.47 Å². The van der Waals surface area contributed by atoms with Gasteiger partial charge in [0.05, 0.1) is 24.8 Å². The summed E-state index contributed by atoms with van der Waals surface area (Å²) in [4.78, 5) is 14.4. The second kappa shape index (κ2) is 7.07. The molecule has 1 N–H and O–H groups in total. The minimum Gasteiger partial charge on any atom is -0.381 e. The van der Waals surface area contributed by atoms with Gasteiger partial charge in [-0.2, -0.15) is 0 Å². The molecular formula is C18H25FN2O3. The van der Waals surface area contributed by atoms with Crippen LogP contribution >= 0.6 is 0 Å². The maximum atomic E-state index is 13.7. The summed E-state index contributed by atoms with van der Waals surface area (Å²) in [5.41, 5.74) is 1.10. The van der Waals surface area contributed by atoms with Gasteiger partial charge in [0.25, 0.3) is 0 Å². The van der Waals surface area contributed by atoms with E-state index in [0.29, 0.717) is 38.5 Å². The third-order valence-electron chi connectivity index (χ3n) is 4.98. The molecule has 24 heavy (non-hydrogen) atoms. The second-order valence-corrected chi connectivity index (χ2v) is 6.75. The topological polar surface area (TPSA) is 50.8 Å². The van der Waals surface area contributed by atoms with E-state index in [1.807, 2.05) is 13.0 Å². The molecule has 1 spiro atoms. The summed E-state index contributed by atoms with van der Waals surface area (Å²) in [6, 6.07) is 4.69. The highest BCUT2D eigenvalue weighted by atomic mass is 19.1. The molecule has 2 heterocycles. The van der Waals surface area contributed by atoms with Gasteiger partial charge in [-0.15, -0.1) is 0 Å². The van der Waals surface area contributed by atoms with E-state index in [2.05, 4.69) is 5.32 Å². The van der Waals surface area contributed by atoms with Crippen molar-refractivity contribution in [2.75, 3.05) is 32.9 Å². The Morgan fingerprint density at radius 2 is 2.08 bits per heavy atom. The van der Waals surface area contributed by atoms with Crippen LogP contribution in [0.5, 0.6) is 0 Å². The van der Waals surface area contributed by atoms with Crippen LogP contribution in [0, 0.1) is 12.7 Å². The van der Waals surface area contributed by atoms with Crippen LogP contribution in [0.2, 0.25) is 0 Å². The molecule has 5 nitrogen and oxygen atoms in total. The molecule has 0 radical (unpaired) electrons. The van der Waals surface area contributed by atoms with Crippen molar-refractivity contribution in [2.45, 2.75) is 38.3 Å². The predicted molar refractivity (Wildman–Crippen MR) is 88.4 cm³/mol. The van der Waals surface area contributed by atoms with Crippen molar-refractivity contribution in [2.24, 2.45) is 0 Å². The Morgan fingerprint density at radius 1 is 1.33 bits per heavy atom. The standard InChI is InChI=1S/C18H25FN2O3/c1-13-3-4-15(11-16(13)19)14(2)20-17(22)21-7-10-24-18(12-21)5-8-23-9-6-18/h3-4,11,14H,5-10,12H2,1-2H3,(H,20,22). The van der Waals surface area contributed by atoms with Gasteiger partial charge in [-0.1, -0.05) is 12.1 Å². The highest BCUT2D eigenvalue weighted by Gasteiger charge is 2.39. The van der Waals surface area contributed by atoms with Gasteiger partial charge in [-0.3, -0.25) is 0 Å². The minimum atomic E-state index is -0.271. The van der Waals surface area contributed by atoms with E-state index in [1.165, 1.54) is 6.07 Å². The first-order valence-corrected chi connectivity index (χ1v) is 8.52. The second-order valence-electron chi connectivity index (χ2n) is 6.75. The zero-order valence-corrected chi connectivity index (χ0v) is 14.3. The smallest absolute Gasteiger partial charge is 0.318 e. The lowest BCUT2D eigenvalue weighted by Gasteiger charge is -2.44. The molecule has 6 heteroatoms. The number of amides is 2. The average Bonchev–Trinajstić information content (AvgIpc) is 2.58. The fourth-order valence-corrected chi connectivity index (χ4v) is 3.30. The summed E-state index contributed by atoms with van der Waals surface area (Å²) in [7, 11) is 0. The Bertz CT molecular complexity index is 596. The molecule has 1 aromatic carbocycles. The molecule has 2 aliphatic rings. The minimum absolute atomic E-state index is 0.127. The number of aryl methyl sites for hydroxylation is 1. The Morgan fingerprint density at radius 3 is 2.79 bits per heavy atom. The van der Waals surface area contributed by atoms with Crippen LogP contribution in [-0.2, 0) is 9.47 Å². The number of nitrogens with zero attached hydrogens (tertiary/aromatic N) is 1. The highest BCUT2D eigenvalue weighted by molar-refractivity contribution is 5.75. The number of hydrogen-bond donors (Lipinski definition) is 1. The van der Waals surface area contributed by atoms with E-state index < -0.39 is 0 Å². The molecule has 132 valence electrons. The molecule has 1 aromatic rings. The maximum Gasteiger partial charge on any atom is 0.318 e. The van der Waals surface area contributed by atoms with Crippen LogP contribution in [0.25, 0.3) is 0 Å². The van der Waals surface area contributed by atoms with Gasteiger partial charge in [0.1, 0.15) is 5.82 Å². The zero-order valence-electron chi connectivity index (χ0n) is 14.3. The van der Waals surface area contributed by atoms with Crippen LogP contribution < -0.4 is 5.32 Å². The van der Waals surface area contributed by atoms with Crippen molar-refractivity contribution < 1.29 is 18.7 Å². The average molecular weight is 336 g/mol. The Labute approximate surface area is 142 Å². The molecular weight excluding hydrogens is 311 g/mol. The number of rotatable bonds is 2. The van der Waals surface area contributed by atoms with E-state index in [1.54, 1.807) is 17.9 Å². The number of carbonyl (C=O) groups excluding carboxylic acids is 1. The van der Waals surface area contributed by atoms with Gasteiger partial charge >= 0.3 is 6.03 Å². The summed E-state index contributed by atoms with van der Waals surface area (Å²) in [5, 5.41) is 2.97. The number of morpholine rings is 1. The molecule has 1 unspecified atom stereocenters. The van der Waals surface area contributed by atoms with Gasteiger partial charge in [0.15, 0.2) is 0 Å². The lowest BCUT2D eigenvalue weighted by molar-refractivity contribution is -0.145. The van der Waals surface area contributed by atoms with Crippen molar-refractivity contribution in [1.29, 1.82) is 0 Å². The molecule has 2 saturated heterocycles. The lowest BCUT2D eigenvalue weighted by atomic mass is 9.92. The summed E-state index contributed by atoms with van der Waals surface area (Å²) < 4.78 is 25.1. The van der Waals surface area contributed by atoms with Gasteiger partial charge < -0.3 is 19.7 Å². The third kappa shape index (κ3) is 3.70. The quantitative estimate of drug-likeness (QED) is 0.903. The number of halogens is 1. The van der Waals surface area contributed by atoms with Crippen LogP contribution in [0.3, 0.4) is 0 Å². The number of urea groups is 1. The van der Waals surface area contributed by atoms with E-state index in [0.717, 1.165) is 18.4 Å². The van der Waals surface area contributed by atoms with Crippen LogP contribution in [0.1, 0.15) is 36.9 Å². The molecule has 0 aromatic heterocycles. The third-order valence-corrected chi connectivity index (χ3v) is 4.98. The first kappa shape index (κ1) is 17.2. The van der Waals surface area contributed by atoms with Crippen LogP contribution in [0.4, 0.5) is 9.18 Å². The fourth-order valence-electron chi connectivity index (χ4n) is 3.30. The monoisotopic (exact) mass is 336 g/mol. The summed E-state index contributed by atoms with van der Waals surface area (Å²) in [6.45, 7) is 6.64. The zero-order chi connectivity index (χ0) is 17.2. The fraction of sp³-hybridized carbons (Fsp3) is 0.611. The van der Waals surface area contributed by atoms with Crippen LogP contribution in [-0.4, -0.2) is 49.4 Å². The molecule has 0 bridgehead atoms. The molecule has 3 rings (SSSR count). The van der Waals surface area contributed by atoms with Crippen molar-refractivity contribution in [3.8, 4) is 0 Å². The van der Waals surface area contributed by atoms with E-state index in [-0.39, 0.29) is 23.5 Å².